The summed E-state index contributed by atoms with van der Waals surface area (Å²) in [4.78, 5) is 215. The fourth-order valence-electron chi connectivity index (χ4n) is 11.6. The summed E-state index contributed by atoms with van der Waals surface area (Å²) in [5.41, 5.74) is 95.5. The minimum Gasteiger partial charge on any atom is -0.370 e. The van der Waals surface area contributed by atoms with Crippen LogP contribution in [-0.4, -0.2) is 231 Å². The molecule has 0 aliphatic rings. The quantitative estimate of drug-likeness (QED) is 0.0116. The van der Waals surface area contributed by atoms with Crippen LogP contribution in [0, 0.1) is 35.5 Å². The van der Waals surface area contributed by atoms with Crippen LogP contribution < -0.4 is 129 Å². The molecule has 0 bridgehead atoms. The van der Waals surface area contributed by atoms with Crippen LogP contribution in [0.15, 0.2) is 39.9 Å². The maximum Gasteiger partial charge on any atom is 0.224 e. The smallest absolute Gasteiger partial charge is 0.224 e. The zero-order chi connectivity index (χ0) is 87.1. The van der Waals surface area contributed by atoms with E-state index in [1.165, 1.54) is 18.7 Å². The van der Waals surface area contributed by atoms with Gasteiger partial charge in [0, 0.05) is 138 Å². The van der Waals surface area contributed by atoms with E-state index in [0.717, 1.165) is 0 Å². The van der Waals surface area contributed by atoms with Crippen LogP contribution in [0.1, 0.15) is 162 Å². The Kier molecular flexibility index (Phi) is 54.2. The third-order valence-corrected chi connectivity index (χ3v) is 18.9. The lowest BCUT2D eigenvalue weighted by Crippen LogP contribution is -2.49. The highest BCUT2D eigenvalue weighted by Gasteiger charge is 2.37. The summed E-state index contributed by atoms with van der Waals surface area (Å²) in [6.45, 7) is 2.48. The summed E-state index contributed by atoms with van der Waals surface area (Å²) in [6.07, 6.45) is -0.836. The lowest BCUT2D eigenvalue weighted by atomic mass is 9.88. The second-order valence-electron chi connectivity index (χ2n) is 27.5. The number of carbonyl (C=O) groups is 13. The lowest BCUT2D eigenvalue weighted by molar-refractivity contribution is -0.136. The van der Waals surface area contributed by atoms with Crippen LogP contribution in [0.2, 0.25) is 0 Å². The third kappa shape index (κ3) is 50.1. The van der Waals surface area contributed by atoms with Crippen LogP contribution in [-0.2, 0) is 62.3 Å². The highest BCUT2D eigenvalue weighted by atomic mass is 32.2. The number of primary amides is 1. The van der Waals surface area contributed by atoms with Crippen molar-refractivity contribution in [1.29, 1.82) is 0 Å². The minimum atomic E-state index is -1.44. The summed E-state index contributed by atoms with van der Waals surface area (Å²) < 4.78 is 0. The molecule has 0 heterocycles. The van der Waals surface area contributed by atoms with Crippen molar-refractivity contribution in [3.63, 3.8) is 0 Å². The van der Waals surface area contributed by atoms with E-state index in [1.54, 1.807) is 13.2 Å². The SMILES string of the molecule is CCC(=O)N[C@@H](CSC)C(=O)C[C@@H](C)C(=O)NCC(=O)C[C@H](CCCN=C(N)N)C(=O)N[C@H](CCCN=C(N)N)C(=O)C[C@H](CCCN=C(N)N)C(=O)N[C@H](CCCN=C(N)N)C(=O)C[C@H](CCCN=C(N)N)C(=O)N[C@H](CCCN=C(N)N)C(=O)C[C@H](CCCN=C(N)N)C(=O)N[C@H](CCCN=C(N)N)C(=O)C[C@H](CS)C(N)=O. The van der Waals surface area contributed by atoms with Gasteiger partial charge in [-0.05, 0) is 109 Å². The molecule has 0 aromatic rings. The molecular formula is C69H129N31O13S2. The number of nitrogens with zero attached hydrogens (tertiary/aromatic N) is 8. The molecule has 0 aliphatic heterocycles. The molecule has 0 spiro atoms. The molecule has 44 nitrogen and oxygen atoms in total. The number of nitrogens with two attached hydrogens (primary N) is 17. The molecule has 40 N–H and O–H groups in total. The van der Waals surface area contributed by atoms with Crippen LogP contribution in [0.5, 0.6) is 0 Å². The Balaban J connectivity index is 7.92. The zero-order valence-electron chi connectivity index (χ0n) is 66.4. The first kappa shape index (κ1) is 104. The van der Waals surface area contributed by atoms with E-state index in [1.807, 2.05) is 0 Å². The van der Waals surface area contributed by atoms with Crippen molar-refractivity contribution in [1.82, 2.24) is 31.9 Å². The van der Waals surface area contributed by atoms with E-state index in [0.29, 0.717) is 0 Å². The highest BCUT2D eigenvalue weighted by Crippen LogP contribution is 2.24. The Labute approximate surface area is 680 Å². The van der Waals surface area contributed by atoms with Crippen molar-refractivity contribution in [2.75, 3.05) is 76.7 Å². The average Bonchev–Trinajstić information content (AvgIpc) is 0.856. The molecule has 0 fully saturated rings. The summed E-state index contributed by atoms with van der Waals surface area (Å²) in [5.74, 6) is -17.6. The van der Waals surface area contributed by atoms with Gasteiger partial charge >= 0.3 is 0 Å². The first-order valence-electron chi connectivity index (χ1n) is 38.0. The van der Waals surface area contributed by atoms with E-state index >= 15 is 14.4 Å². The van der Waals surface area contributed by atoms with E-state index in [-0.39, 0.29) is 239 Å². The van der Waals surface area contributed by atoms with Crippen LogP contribution >= 0.6 is 24.4 Å². The predicted octanol–water partition coefficient (Wildman–Crippen LogP) is -7.38. The van der Waals surface area contributed by atoms with Crippen molar-refractivity contribution >= 4 is 148 Å². The van der Waals surface area contributed by atoms with Crippen LogP contribution in [0.25, 0.3) is 0 Å². The second-order valence-corrected chi connectivity index (χ2v) is 28.8. The molecule has 650 valence electrons. The van der Waals surface area contributed by atoms with E-state index in [9.17, 15) is 47.9 Å². The van der Waals surface area contributed by atoms with Gasteiger partial charge in [-0.3, -0.25) is 102 Å². The van der Waals surface area contributed by atoms with Gasteiger partial charge in [-0.15, -0.1) is 0 Å². The largest absolute Gasteiger partial charge is 0.370 e. The number of guanidine groups is 8. The molecule has 0 unspecified atom stereocenters. The first-order chi connectivity index (χ1) is 54.2. The highest BCUT2D eigenvalue weighted by molar-refractivity contribution is 7.98. The van der Waals surface area contributed by atoms with Crippen molar-refractivity contribution < 1.29 is 62.3 Å². The number of thiol groups is 1. The van der Waals surface area contributed by atoms with Gasteiger partial charge in [0.2, 0.25) is 41.4 Å². The molecular weight excluding hydrogens is 1540 g/mol. The van der Waals surface area contributed by atoms with Gasteiger partial charge in [0.25, 0.3) is 0 Å². The van der Waals surface area contributed by atoms with Gasteiger partial charge in [-0.25, -0.2) is 0 Å². The molecule has 11 atom stereocenters. The lowest BCUT2D eigenvalue weighted by Gasteiger charge is -2.27. The summed E-state index contributed by atoms with van der Waals surface area (Å²) >= 11 is 5.50. The Morgan fingerprint density at radius 3 is 0.800 bits per heavy atom. The number of thioether (sulfide) groups is 1. The Bertz CT molecular complexity index is 3380. The fraction of sp³-hybridized carbons (Fsp3) is 0.696. The molecule has 0 saturated carbocycles. The van der Waals surface area contributed by atoms with Crippen molar-refractivity contribution in [3.05, 3.63) is 0 Å². The summed E-state index contributed by atoms with van der Waals surface area (Å²) in [5, 5.41) is 16.3. The second kappa shape index (κ2) is 59.8. The van der Waals surface area contributed by atoms with Crippen molar-refractivity contribution in [2.45, 2.75) is 192 Å². The number of carbonyl (C=O) groups excluding carboxylic acids is 13. The first-order valence-corrected chi connectivity index (χ1v) is 40.0. The molecule has 0 aromatic carbocycles. The van der Waals surface area contributed by atoms with Gasteiger partial charge in [0.15, 0.2) is 82.4 Å². The Morgan fingerprint density at radius 1 is 0.322 bits per heavy atom. The predicted molar refractivity (Wildman–Crippen MR) is 448 cm³/mol. The summed E-state index contributed by atoms with van der Waals surface area (Å²) in [6, 6.07) is -6.32. The normalized spacial score (nSPS) is 13.7. The number of hydrogen-bond donors (Lipinski definition) is 24. The van der Waals surface area contributed by atoms with E-state index in [2.05, 4.69) is 84.5 Å². The maximum absolute atomic E-state index is 15.1. The molecule has 0 aromatic heterocycles. The molecule has 0 saturated heterocycles. The topological polar surface area (TPSA) is 835 Å². The number of ketones is 6. The van der Waals surface area contributed by atoms with Gasteiger partial charge in [-0.2, -0.15) is 24.4 Å². The van der Waals surface area contributed by atoms with Crippen LogP contribution in [0.3, 0.4) is 0 Å². The number of Topliss-reactive ketones (excluding diaryl/α,β-unsaturated/α-hetero) is 6. The monoisotopic (exact) mass is 1660 g/mol. The van der Waals surface area contributed by atoms with Crippen molar-refractivity contribution in [2.24, 2.45) is 173 Å². The molecule has 115 heavy (non-hydrogen) atoms. The van der Waals surface area contributed by atoms with E-state index in [4.69, 9.17) is 97.5 Å². The molecule has 7 amide bonds. The zero-order valence-corrected chi connectivity index (χ0v) is 68.2. The molecule has 46 heteroatoms. The number of rotatable bonds is 66. The van der Waals surface area contributed by atoms with Gasteiger partial charge < -0.3 is 129 Å². The standard InChI is InChI=1S/C69H129N31O13S2/c1-4-55(107)96-49(37-115-3)50(102)29-38(2)57(109)95-35-44(101)30-39(13-5-21-87-62(71)72)58(110)97-45(17-9-25-91-66(79)80)51(103)31-40(14-6-22-88-63(73)74)59(111)98-46(18-10-26-92-67(81)82)52(104)32-41(15-7-23-89-64(75)76)60(112)99-47(19-11-27-93-68(83)84)53(105)33-42(16-8-24-90-65(77)78)61(113)100-48(20-12-28-94-69(85)86)54(106)34-43(36-114)56(70)108/h38-43,45-49,114H,4-37H2,1-3H3,(H2,70,108)(H,95,109)(H,96,107)(H,97,110)(H,98,111)(H,99,112)(H,100,113)(H4,71,72,87)(H4,73,74,88)(H4,75,76,89)(H4,77,78,90)(H4,79,80,91)(H4,81,82,92)(H4,83,84,93)(H4,85,86,94)/t38-,39+,40+,41+,42+,43-,45-,46-,47-,48-,49+/m1/s1. The minimum absolute atomic E-state index is 0.0106. The molecule has 0 aliphatic carbocycles. The Morgan fingerprint density at radius 2 is 0.565 bits per heavy atom. The van der Waals surface area contributed by atoms with E-state index < -0.39 is 169 Å². The van der Waals surface area contributed by atoms with Gasteiger partial charge in [-0.1, -0.05) is 13.8 Å². The average molecular weight is 1670 g/mol. The number of nitrogens with one attached hydrogen (secondary N) is 6. The number of hydrogen-bond acceptors (Lipinski definition) is 23. The van der Waals surface area contributed by atoms with Gasteiger partial charge in [0.1, 0.15) is 0 Å². The third-order valence-electron chi connectivity index (χ3n) is 17.8. The van der Waals surface area contributed by atoms with Crippen LogP contribution in [0.4, 0.5) is 0 Å². The maximum atomic E-state index is 15.1. The fourth-order valence-corrected chi connectivity index (χ4v) is 12.5. The number of aliphatic imine (C=N–C) groups is 8. The Hall–Kier alpha value is -10.8. The van der Waals surface area contributed by atoms with Gasteiger partial charge in [0.05, 0.1) is 42.7 Å². The number of amides is 7. The molecule has 0 rings (SSSR count). The summed E-state index contributed by atoms with van der Waals surface area (Å²) in [7, 11) is 0. The van der Waals surface area contributed by atoms with Crippen molar-refractivity contribution in [3.8, 4) is 0 Å². The molecule has 0 radical (unpaired) electrons.